The molecule has 0 amide bonds. The number of halogens is 1. The zero-order valence-electron chi connectivity index (χ0n) is 9.06. The summed E-state index contributed by atoms with van der Waals surface area (Å²) < 4.78 is 0.844. The van der Waals surface area contributed by atoms with E-state index in [0.717, 1.165) is 10.2 Å². The number of aromatic nitrogens is 1. The normalized spacial score (nSPS) is 10.2. The number of hydrogen-bond acceptors (Lipinski definition) is 3. The third kappa shape index (κ3) is 2.91. The molecule has 1 heterocycles. The Morgan fingerprint density at radius 1 is 1.29 bits per heavy atom. The summed E-state index contributed by atoms with van der Waals surface area (Å²) in [6, 6.07) is 10.8. The second kappa shape index (κ2) is 5.10. The van der Waals surface area contributed by atoms with E-state index in [1.807, 2.05) is 24.3 Å². The summed E-state index contributed by atoms with van der Waals surface area (Å²) in [6.45, 7) is 0. The summed E-state index contributed by atoms with van der Waals surface area (Å²) in [6.07, 6.45) is 1.94. The first-order chi connectivity index (χ1) is 8.16. The van der Waals surface area contributed by atoms with Crippen LogP contribution in [0.25, 0.3) is 0 Å². The lowest BCUT2D eigenvalue weighted by atomic mass is 10.0. The van der Waals surface area contributed by atoms with Crippen LogP contribution in [0.15, 0.2) is 47.1 Å². The second-order valence-electron chi connectivity index (χ2n) is 3.65. The first kappa shape index (κ1) is 11.8. The van der Waals surface area contributed by atoms with Gasteiger partial charge in [-0.05, 0) is 30.3 Å². The zero-order valence-corrected chi connectivity index (χ0v) is 10.6. The number of nitrogens with two attached hydrogens (primary N) is 1. The number of hydrogen-bond donors (Lipinski definition) is 1. The van der Waals surface area contributed by atoms with E-state index in [0.29, 0.717) is 11.3 Å². The Bertz CT molecular complexity index is 540. The van der Waals surface area contributed by atoms with Crippen molar-refractivity contribution in [2.24, 2.45) is 0 Å². The van der Waals surface area contributed by atoms with Gasteiger partial charge in [0, 0.05) is 27.6 Å². The summed E-state index contributed by atoms with van der Waals surface area (Å²) in [5.74, 6) is -0.0255. The lowest BCUT2D eigenvalue weighted by molar-refractivity contribution is 0.0992. The van der Waals surface area contributed by atoms with E-state index in [1.165, 1.54) is 0 Å². The molecule has 0 fully saturated rings. The number of carbonyl (C=O) groups is 1. The molecule has 0 saturated heterocycles. The fourth-order valence-corrected chi connectivity index (χ4v) is 1.89. The molecule has 0 radical (unpaired) electrons. The molecule has 0 unspecified atom stereocenters. The molecule has 1 aromatic heterocycles. The fraction of sp³-hybridized carbons (Fsp3) is 0.0769. The lowest BCUT2D eigenvalue weighted by Gasteiger charge is -2.05. The predicted octanol–water partition coefficient (Wildman–Crippen LogP) is 2.85. The van der Waals surface area contributed by atoms with E-state index < -0.39 is 0 Å². The molecular formula is C13H11BrN2O. The number of nitrogens with zero attached hydrogens (tertiary/aromatic N) is 1. The van der Waals surface area contributed by atoms with Crippen molar-refractivity contribution in [3.8, 4) is 0 Å². The van der Waals surface area contributed by atoms with Crippen LogP contribution in [0.5, 0.6) is 0 Å². The standard InChI is InChI=1S/C13H11BrN2O/c14-9-4-5-12(15)11(7-9)13(17)8-10-3-1-2-6-16-10/h1-7H,8,15H2. The van der Waals surface area contributed by atoms with Gasteiger partial charge < -0.3 is 5.73 Å². The number of rotatable bonds is 3. The maximum atomic E-state index is 12.0. The van der Waals surface area contributed by atoms with Gasteiger partial charge in [-0.2, -0.15) is 0 Å². The van der Waals surface area contributed by atoms with Crippen LogP contribution in [0.1, 0.15) is 16.1 Å². The van der Waals surface area contributed by atoms with Gasteiger partial charge in [0.25, 0.3) is 0 Å². The minimum Gasteiger partial charge on any atom is -0.398 e. The van der Waals surface area contributed by atoms with Crippen LogP contribution in [-0.2, 0) is 6.42 Å². The molecule has 0 saturated carbocycles. The third-order valence-corrected chi connectivity index (χ3v) is 2.88. The molecule has 0 aliphatic carbocycles. The SMILES string of the molecule is Nc1ccc(Br)cc1C(=O)Cc1ccccn1. The van der Waals surface area contributed by atoms with Crippen molar-refractivity contribution in [1.29, 1.82) is 0 Å². The van der Waals surface area contributed by atoms with E-state index in [-0.39, 0.29) is 12.2 Å². The number of benzene rings is 1. The number of pyridine rings is 1. The highest BCUT2D eigenvalue weighted by Crippen LogP contribution is 2.19. The van der Waals surface area contributed by atoms with Crippen LogP contribution >= 0.6 is 15.9 Å². The van der Waals surface area contributed by atoms with Crippen molar-refractivity contribution in [3.05, 3.63) is 58.3 Å². The lowest BCUT2D eigenvalue weighted by Crippen LogP contribution is -2.08. The minimum atomic E-state index is -0.0255. The monoisotopic (exact) mass is 290 g/mol. The van der Waals surface area contributed by atoms with Crippen molar-refractivity contribution >= 4 is 27.4 Å². The van der Waals surface area contributed by atoms with Crippen LogP contribution in [0.2, 0.25) is 0 Å². The molecule has 2 rings (SSSR count). The van der Waals surface area contributed by atoms with Gasteiger partial charge in [0.1, 0.15) is 0 Å². The average Bonchev–Trinajstić information content (AvgIpc) is 2.33. The quantitative estimate of drug-likeness (QED) is 0.699. The summed E-state index contributed by atoms with van der Waals surface area (Å²) in [5, 5.41) is 0. The Labute approximate surface area is 108 Å². The minimum absolute atomic E-state index is 0.0255. The molecule has 4 heteroatoms. The van der Waals surface area contributed by atoms with Crippen molar-refractivity contribution in [3.63, 3.8) is 0 Å². The number of carbonyl (C=O) groups excluding carboxylic acids is 1. The Balaban J connectivity index is 2.23. The third-order valence-electron chi connectivity index (χ3n) is 2.38. The van der Waals surface area contributed by atoms with Crippen LogP contribution in [0.3, 0.4) is 0 Å². The molecule has 0 spiro atoms. The number of anilines is 1. The molecule has 2 N–H and O–H groups in total. The smallest absolute Gasteiger partial charge is 0.170 e. The highest BCUT2D eigenvalue weighted by molar-refractivity contribution is 9.10. The molecular weight excluding hydrogens is 280 g/mol. The van der Waals surface area contributed by atoms with Crippen molar-refractivity contribution in [2.75, 3.05) is 5.73 Å². The number of ketones is 1. The number of nitrogen functional groups attached to an aromatic ring is 1. The van der Waals surface area contributed by atoms with Crippen LogP contribution in [0, 0.1) is 0 Å². The molecule has 0 aliphatic heterocycles. The van der Waals surface area contributed by atoms with Gasteiger partial charge in [0.15, 0.2) is 5.78 Å². The maximum absolute atomic E-state index is 12.0. The largest absolute Gasteiger partial charge is 0.398 e. The Kier molecular flexibility index (Phi) is 3.54. The average molecular weight is 291 g/mol. The van der Waals surface area contributed by atoms with E-state index in [9.17, 15) is 4.79 Å². The highest BCUT2D eigenvalue weighted by atomic mass is 79.9. The molecule has 86 valence electrons. The van der Waals surface area contributed by atoms with Gasteiger partial charge in [-0.3, -0.25) is 9.78 Å². The van der Waals surface area contributed by atoms with Crippen molar-refractivity contribution in [2.45, 2.75) is 6.42 Å². The molecule has 0 aliphatic rings. The predicted molar refractivity (Wildman–Crippen MR) is 70.8 cm³/mol. The van der Waals surface area contributed by atoms with E-state index in [4.69, 9.17) is 5.73 Å². The second-order valence-corrected chi connectivity index (χ2v) is 4.57. The van der Waals surface area contributed by atoms with E-state index in [1.54, 1.807) is 18.3 Å². The van der Waals surface area contributed by atoms with Crippen LogP contribution in [-0.4, -0.2) is 10.8 Å². The maximum Gasteiger partial charge on any atom is 0.170 e. The molecule has 3 nitrogen and oxygen atoms in total. The van der Waals surface area contributed by atoms with Gasteiger partial charge in [-0.25, -0.2) is 0 Å². The molecule has 17 heavy (non-hydrogen) atoms. The van der Waals surface area contributed by atoms with Gasteiger partial charge in [0.2, 0.25) is 0 Å². The fourth-order valence-electron chi connectivity index (χ4n) is 1.53. The summed E-state index contributed by atoms with van der Waals surface area (Å²) >= 11 is 3.33. The topological polar surface area (TPSA) is 56.0 Å². The van der Waals surface area contributed by atoms with E-state index in [2.05, 4.69) is 20.9 Å². The summed E-state index contributed by atoms with van der Waals surface area (Å²) in [4.78, 5) is 16.2. The Morgan fingerprint density at radius 2 is 2.12 bits per heavy atom. The molecule has 0 bridgehead atoms. The summed E-state index contributed by atoms with van der Waals surface area (Å²) in [7, 11) is 0. The number of Topliss-reactive ketones (excluding diaryl/α,β-unsaturated/α-hetero) is 1. The van der Waals surface area contributed by atoms with E-state index >= 15 is 0 Å². The molecule has 0 atom stereocenters. The first-order valence-electron chi connectivity index (χ1n) is 5.15. The van der Waals surface area contributed by atoms with Gasteiger partial charge in [-0.15, -0.1) is 0 Å². The van der Waals surface area contributed by atoms with Crippen molar-refractivity contribution in [1.82, 2.24) is 4.98 Å². The van der Waals surface area contributed by atoms with Gasteiger partial charge in [0.05, 0.1) is 6.42 Å². The zero-order chi connectivity index (χ0) is 12.3. The van der Waals surface area contributed by atoms with Crippen molar-refractivity contribution < 1.29 is 4.79 Å². The Morgan fingerprint density at radius 3 is 2.82 bits per heavy atom. The van der Waals surface area contributed by atoms with Crippen LogP contribution < -0.4 is 5.73 Å². The molecule has 1 aromatic carbocycles. The first-order valence-corrected chi connectivity index (χ1v) is 5.94. The van der Waals surface area contributed by atoms with Crippen LogP contribution in [0.4, 0.5) is 5.69 Å². The van der Waals surface area contributed by atoms with Gasteiger partial charge >= 0.3 is 0 Å². The van der Waals surface area contributed by atoms with Gasteiger partial charge in [-0.1, -0.05) is 22.0 Å². The summed E-state index contributed by atoms with van der Waals surface area (Å²) in [5.41, 5.74) is 7.56. The Hall–Kier alpha value is -1.68. The highest BCUT2D eigenvalue weighted by Gasteiger charge is 2.11. The molecule has 2 aromatic rings.